The van der Waals surface area contributed by atoms with E-state index >= 15 is 0 Å². The summed E-state index contributed by atoms with van der Waals surface area (Å²) in [6.45, 7) is 0. The number of benzene rings is 1. The number of rotatable bonds is 4. The van der Waals surface area contributed by atoms with Crippen molar-refractivity contribution < 1.29 is 19.6 Å². The van der Waals surface area contributed by atoms with E-state index in [1.807, 2.05) is 0 Å². The monoisotopic (exact) mass is 339 g/mol. The summed E-state index contributed by atoms with van der Waals surface area (Å²) >= 11 is 3.16. The van der Waals surface area contributed by atoms with Crippen molar-refractivity contribution in [2.45, 2.75) is 0 Å². The van der Waals surface area contributed by atoms with Gasteiger partial charge in [-0.15, -0.1) is 5.10 Å². The molecule has 0 aliphatic carbocycles. The van der Waals surface area contributed by atoms with Crippen LogP contribution >= 0.6 is 15.9 Å². The van der Waals surface area contributed by atoms with Crippen molar-refractivity contribution >= 4 is 27.6 Å². The summed E-state index contributed by atoms with van der Waals surface area (Å²) in [6, 6.07) is 5.08. The zero-order valence-corrected chi connectivity index (χ0v) is 11.3. The highest BCUT2D eigenvalue weighted by Crippen LogP contribution is 2.33. The summed E-state index contributed by atoms with van der Waals surface area (Å²) < 4.78 is 5.71. The number of carbonyl (C=O) groups is 1. The first kappa shape index (κ1) is 13.9. The number of hydrogen-bond donors (Lipinski definition) is 1. The number of hydrogen-bond acceptors (Lipinski definition) is 6. The van der Waals surface area contributed by atoms with E-state index in [9.17, 15) is 14.9 Å². The zero-order chi connectivity index (χ0) is 14.7. The lowest BCUT2D eigenvalue weighted by atomic mass is 10.3. The molecule has 0 unspecified atom stereocenters. The van der Waals surface area contributed by atoms with Crippen molar-refractivity contribution in [3.63, 3.8) is 0 Å². The fraction of sp³-hybridized carbons (Fsp3) is 0. The number of carboxylic acids is 1. The Morgan fingerprint density at radius 3 is 2.80 bits per heavy atom. The van der Waals surface area contributed by atoms with Crippen molar-refractivity contribution in [3.05, 3.63) is 50.6 Å². The Hall–Kier alpha value is -2.55. The van der Waals surface area contributed by atoms with Gasteiger partial charge in [0.15, 0.2) is 5.75 Å². The quantitative estimate of drug-likeness (QED) is 0.672. The van der Waals surface area contributed by atoms with Gasteiger partial charge in [-0.25, -0.2) is 4.79 Å². The average molecular weight is 340 g/mol. The number of nitro groups is 1. The largest absolute Gasteiger partial charge is 0.477 e. The lowest BCUT2D eigenvalue weighted by Crippen LogP contribution is -2.03. The van der Waals surface area contributed by atoms with Crippen molar-refractivity contribution in [1.82, 2.24) is 10.2 Å². The molecule has 0 fully saturated rings. The first-order valence-corrected chi connectivity index (χ1v) is 5.95. The molecule has 9 heteroatoms. The van der Waals surface area contributed by atoms with Gasteiger partial charge in [0.05, 0.1) is 21.7 Å². The van der Waals surface area contributed by atoms with Crippen molar-refractivity contribution in [3.8, 4) is 11.6 Å². The molecule has 1 N–H and O–H groups in total. The Labute approximate surface area is 120 Å². The molecule has 20 heavy (non-hydrogen) atoms. The van der Waals surface area contributed by atoms with Crippen molar-refractivity contribution in [2.75, 3.05) is 0 Å². The topological polar surface area (TPSA) is 115 Å². The van der Waals surface area contributed by atoms with E-state index in [1.165, 1.54) is 24.4 Å². The van der Waals surface area contributed by atoms with Crippen LogP contribution < -0.4 is 4.74 Å². The maximum absolute atomic E-state index is 11.0. The smallest absolute Gasteiger partial charge is 0.341 e. The second-order valence-electron chi connectivity index (χ2n) is 3.53. The third kappa shape index (κ3) is 2.88. The normalized spacial score (nSPS) is 10.1. The van der Waals surface area contributed by atoms with Gasteiger partial charge in [0.25, 0.3) is 11.6 Å². The van der Waals surface area contributed by atoms with E-state index in [0.717, 1.165) is 6.07 Å². The van der Waals surface area contributed by atoms with Crippen LogP contribution in [-0.2, 0) is 0 Å². The molecule has 0 aliphatic rings. The zero-order valence-electron chi connectivity index (χ0n) is 9.69. The lowest BCUT2D eigenvalue weighted by molar-refractivity contribution is -0.384. The maximum atomic E-state index is 11.0. The second kappa shape index (κ2) is 5.61. The van der Waals surface area contributed by atoms with Crippen LogP contribution in [0, 0.1) is 10.1 Å². The maximum Gasteiger partial charge on any atom is 0.341 e. The standard InChI is InChI=1S/C11H6BrN3O5/c12-8-2-1-6(15(18)19)5-9(8)20-10-7(11(16)17)3-4-13-14-10/h1-5H,(H,16,17). The molecule has 2 aromatic rings. The van der Waals surface area contributed by atoms with Crippen LogP contribution in [0.15, 0.2) is 34.9 Å². The molecule has 1 aromatic heterocycles. The minimum atomic E-state index is -1.24. The summed E-state index contributed by atoms with van der Waals surface area (Å²) in [4.78, 5) is 21.1. The number of carboxylic acid groups (broad SMARTS) is 1. The predicted molar refractivity (Wildman–Crippen MR) is 69.9 cm³/mol. The van der Waals surface area contributed by atoms with E-state index in [2.05, 4.69) is 26.1 Å². The van der Waals surface area contributed by atoms with Gasteiger partial charge in [0, 0.05) is 6.07 Å². The highest BCUT2D eigenvalue weighted by Gasteiger charge is 2.17. The molecule has 8 nitrogen and oxygen atoms in total. The third-order valence-corrected chi connectivity index (χ3v) is 2.90. The van der Waals surface area contributed by atoms with Gasteiger partial charge >= 0.3 is 5.97 Å². The second-order valence-corrected chi connectivity index (χ2v) is 4.38. The fourth-order valence-electron chi connectivity index (χ4n) is 1.34. The van der Waals surface area contributed by atoms with E-state index in [-0.39, 0.29) is 22.9 Å². The van der Waals surface area contributed by atoms with E-state index < -0.39 is 10.9 Å². The van der Waals surface area contributed by atoms with Gasteiger partial charge in [-0.3, -0.25) is 10.1 Å². The van der Waals surface area contributed by atoms with E-state index in [4.69, 9.17) is 9.84 Å². The summed E-state index contributed by atoms with van der Waals surface area (Å²) in [5, 5.41) is 26.8. The van der Waals surface area contributed by atoms with Gasteiger partial charge in [-0.1, -0.05) is 0 Å². The van der Waals surface area contributed by atoms with Gasteiger partial charge in [0.1, 0.15) is 5.56 Å². The highest BCUT2D eigenvalue weighted by atomic mass is 79.9. The Bertz CT molecular complexity index is 692. The molecule has 0 saturated heterocycles. The van der Waals surface area contributed by atoms with Crippen LogP contribution in [0.3, 0.4) is 0 Å². The van der Waals surface area contributed by atoms with Crippen LogP contribution in [-0.4, -0.2) is 26.2 Å². The number of nitrogens with zero attached hydrogens (tertiary/aromatic N) is 3. The van der Waals surface area contributed by atoms with Crippen LogP contribution in [0.2, 0.25) is 0 Å². The Kier molecular flexibility index (Phi) is 3.89. The molecular weight excluding hydrogens is 334 g/mol. The summed E-state index contributed by atoms with van der Waals surface area (Å²) in [5.41, 5.74) is -0.387. The molecule has 1 aromatic carbocycles. The Balaban J connectivity index is 2.42. The number of aromatic nitrogens is 2. The van der Waals surface area contributed by atoms with Crippen LogP contribution in [0.1, 0.15) is 10.4 Å². The van der Waals surface area contributed by atoms with Gasteiger partial charge in [0.2, 0.25) is 0 Å². The first-order valence-electron chi connectivity index (χ1n) is 5.16. The average Bonchev–Trinajstić information content (AvgIpc) is 2.41. The summed E-state index contributed by atoms with van der Waals surface area (Å²) in [6.07, 6.45) is 1.21. The molecule has 0 saturated carbocycles. The van der Waals surface area contributed by atoms with Crippen LogP contribution in [0.4, 0.5) is 5.69 Å². The summed E-state index contributed by atoms with van der Waals surface area (Å²) in [7, 11) is 0. The minimum absolute atomic E-state index is 0.0715. The molecule has 0 radical (unpaired) electrons. The van der Waals surface area contributed by atoms with E-state index in [1.54, 1.807) is 0 Å². The molecule has 0 aliphatic heterocycles. The molecule has 0 amide bonds. The number of nitro benzene ring substituents is 1. The number of halogens is 1. The molecular formula is C11H6BrN3O5. The SMILES string of the molecule is O=C(O)c1ccnnc1Oc1cc([N+](=O)[O-])ccc1Br. The molecule has 2 rings (SSSR count). The first-order chi connectivity index (χ1) is 9.49. The van der Waals surface area contributed by atoms with Gasteiger partial charge in [-0.05, 0) is 28.1 Å². The van der Waals surface area contributed by atoms with Crippen LogP contribution in [0.25, 0.3) is 0 Å². The molecule has 102 valence electrons. The fourth-order valence-corrected chi connectivity index (χ4v) is 1.67. The highest BCUT2D eigenvalue weighted by molar-refractivity contribution is 9.10. The molecule has 1 heterocycles. The number of ether oxygens (including phenoxy) is 1. The lowest BCUT2D eigenvalue weighted by Gasteiger charge is -2.07. The molecule has 0 atom stereocenters. The number of non-ortho nitro benzene ring substituents is 1. The van der Waals surface area contributed by atoms with Gasteiger partial charge in [-0.2, -0.15) is 5.10 Å². The molecule has 0 bridgehead atoms. The number of aromatic carboxylic acids is 1. The summed E-state index contributed by atoms with van der Waals surface area (Å²) in [5.74, 6) is -1.42. The Morgan fingerprint density at radius 1 is 1.40 bits per heavy atom. The minimum Gasteiger partial charge on any atom is -0.477 e. The third-order valence-electron chi connectivity index (χ3n) is 2.25. The van der Waals surface area contributed by atoms with Crippen molar-refractivity contribution in [1.29, 1.82) is 0 Å². The predicted octanol–water partition coefficient (Wildman–Crippen LogP) is 2.64. The van der Waals surface area contributed by atoms with Crippen LogP contribution in [0.5, 0.6) is 11.6 Å². The Morgan fingerprint density at radius 2 is 2.15 bits per heavy atom. The van der Waals surface area contributed by atoms with E-state index in [0.29, 0.717) is 4.47 Å². The van der Waals surface area contributed by atoms with Crippen molar-refractivity contribution in [2.24, 2.45) is 0 Å². The van der Waals surface area contributed by atoms with Gasteiger partial charge < -0.3 is 9.84 Å². The molecule has 0 spiro atoms.